The Bertz CT molecular complexity index is 1160. The van der Waals surface area contributed by atoms with E-state index in [0.29, 0.717) is 22.9 Å². The fourth-order valence-corrected chi connectivity index (χ4v) is 3.65. The molecule has 0 unspecified atom stereocenters. The average molecular weight is 407 g/mol. The fraction of sp³-hybridized carbons (Fsp3) is 0.227. The molecule has 2 aromatic carbocycles. The van der Waals surface area contributed by atoms with Crippen molar-refractivity contribution in [3.05, 3.63) is 59.3 Å². The largest absolute Gasteiger partial charge is 0.496 e. The standard InChI is InChI=1S/C22H21N3O5/c1-24-12-15(17-11-16(23)5-6-18(17)24)9-13-3-4-14(10-19(13)29-2)22(28)30-25-20(26)7-8-21(25)27/h3-6,10-12H,7-9,23H2,1-2H3. The number of amides is 2. The summed E-state index contributed by atoms with van der Waals surface area (Å²) in [4.78, 5) is 40.7. The van der Waals surface area contributed by atoms with E-state index >= 15 is 0 Å². The Hall–Kier alpha value is -3.81. The number of anilines is 1. The maximum Gasteiger partial charge on any atom is 0.364 e. The van der Waals surface area contributed by atoms with Gasteiger partial charge in [0.1, 0.15) is 5.75 Å². The predicted octanol–water partition coefficient (Wildman–Crippen LogP) is 2.58. The van der Waals surface area contributed by atoms with E-state index in [0.717, 1.165) is 22.0 Å². The summed E-state index contributed by atoms with van der Waals surface area (Å²) in [5, 5.41) is 1.58. The van der Waals surface area contributed by atoms with Crippen molar-refractivity contribution in [2.45, 2.75) is 19.3 Å². The minimum atomic E-state index is -0.790. The van der Waals surface area contributed by atoms with Crippen LogP contribution in [0.2, 0.25) is 0 Å². The molecule has 1 aliphatic heterocycles. The molecule has 1 saturated heterocycles. The van der Waals surface area contributed by atoms with Crippen LogP contribution in [0.15, 0.2) is 42.6 Å². The van der Waals surface area contributed by atoms with Gasteiger partial charge in [-0.15, -0.1) is 5.06 Å². The molecule has 0 bridgehead atoms. The quantitative estimate of drug-likeness (QED) is 0.515. The summed E-state index contributed by atoms with van der Waals surface area (Å²) in [6.45, 7) is 0. The zero-order valence-corrected chi connectivity index (χ0v) is 16.7. The average Bonchev–Trinajstić information content (AvgIpc) is 3.21. The van der Waals surface area contributed by atoms with E-state index in [1.807, 2.05) is 36.0 Å². The third-order valence-electron chi connectivity index (χ3n) is 5.18. The molecule has 0 saturated carbocycles. The van der Waals surface area contributed by atoms with Crippen molar-refractivity contribution < 1.29 is 24.0 Å². The molecule has 2 N–H and O–H groups in total. The van der Waals surface area contributed by atoms with Crippen LogP contribution in [-0.2, 0) is 27.9 Å². The topological polar surface area (TPSA) is 104 Å². The highest BCUT2D eigenvalue weighted by Crippen LogP contribution is 2.29. The lowest BCUT2D eigenvalue weighted by Gasteiger charge is -2.14. The number of methoxy groups -OCH3 is 1. The van der Waals surface area contributed by atoms with E-state index in [1.54, 1.807) is 18.2 Å². The van der Waals surface area contributed by atoms with E-state index in [1.165, 1.54) is 7.11 Å². The van der Waals surface area contributed by atoms with Gasteiger partial charge in [-0.1, -0.05) is 6.07 Å². The number of aromatic nitrogens is 1. The van der Waals surface area contributed by atoms with Gasteiger partial charge < -0.3 is 19.9 Å². The Morgan fingerprint density at radius 2 is 1.80 bits per heavy atom. The first-order valence-corrected chi connectivity index (χ1v) is 9.46. The molecule has 0 aliphatic carbocycles. The number of imide groups is 1. The number of carbonyl (C=O) groups excluding carboxylic acids is 3. The summed E-state index contributed by atoms with van der Waals surface area (Å²) in [6, 6.07) is 10.7. The number of hydrogen-bond donors (Lipinski definition) is 1. The Morgan fingerprint density at radius 1 is 1.07 bits per heavy atom. The van der Waals surface area contributed by atoms with E-state index in [2.05, 4.69) is 0 Å². The Labute approximate surface area is 172 Å². The van der Waals surface area contributed by atoms with Gasteiger partial charge in [0.05, 0.1) is 12.7 Å². The zero-order valence-electron chi connectivity index (χ0n) is 16.7. The molecule has 1 fully saturated rings. The minimum absolute atomic E-state index is 0.0456. The second kappa shape index (κ2) is 7.55. The van der Waals surface area contributed by atoms with E-state index in [-0.39, 0.29) is 18.4 Å². The zero-order chi connectivity index (χ0) is 21.4. The molecule has 3 aromatic rings. The number of nitrogens with zero attached hydrogens (tertiary/aromatic N) is 2. The first-order chi connectivity index (χ1) is 14.4. The summed E-state index contributed by atoms with van der Waals surface area (Å²) in [5.74, 6) is -1.33. The lowest BCUT2D eigenvalue weighted by molar-refractivity contribution is -0.172. The molecule has 2 heterocycles. The molecule has 1 aliphatic rings. The first-order valence-electron chi connectivity index (χ1n) is 9.46. The maximum atomic E-state index is 12.4. The van der Waals surface area contributed by atoms with Crippen LogP contribution in [-0.4, -0.2) is 34.5 Å². The molecular formula is C22H21N3O5. The van der Waals surface area contributed by atoms with Crippen LogP contribution in [0.25, 0.3) is 10.9 Å². The van der Waals surface area contributed by atoms with Crippen molar-refractivity contribution in [3.8, 4) is 5.75 Å². The number of nitrogen functional groups attached to an aromatic ring is 1. The summed E-state index contributed by atoms with van der Waals surface area (Å²) in [5.41, 5.74) is 9.84. The van der Waals surface area contributed by atoms with Crippen LogP contribution >= 0.6 is 0 Å². The van der Waals surface area contributed by atoms with Crippen molar-refractivity contribution in [1.82, 2.24) is 9.63 Å². The van der Waals surface area contributed by atoms with Gasteiger partial charge in [0.25, 0.3) is 11.8 Å². The fourth-order valence-electron chi connectivity index (χ4n) is 3.65. The van der Waals surface area contributed by atoms with Crippen molar-refractivity contribution >= 4 is 34.4 Å². The highest BCUT2D eigenvalue weighted by Gasteiger charge is 2.33. The molecule has 2 amide bonds. The summed E-state index contributed by atoms with van der Waals surface area (Å²) < 4.78 is 7.51. The number of hydroxylamine groups is 2. The molecule has 30 heavy (non-hydrogen) atoms. The smallest absolute Gasteiger partial charge is 0.364 e. The molecule has 0 spiro atoms. The molecule has 4 rings (SSSR count). The molecular weight excluding hydrogens is 386 g/mol. The van der Waals surface area contributed by atoms with E-state index < -0.39 is 17.8 Å². The van der Waals surface area contributed by atoms with Crippen molar-refractivity contribution in [3.63, 3.8) is 0 Å². The maximum absolute atomic E-state index is 12.4. The number of nitrogens with two attached hydrogens (primary N) is 1. The van der Waals surface area contributed by atoms with Gasteiger partial charge in [-0.05, 0) is 41.5 Å². The van der Waals surface area contributed by atoms with Gasteiger partial charge in [0.2, 0.25) is 0 Å². The highest BCUT2D eigenvalue weighted by molar-refractivity contribution is 6.02. The van der Waals surface area contributed by atoms with Crippen LogP contribution in [0.1, 0.15) is 34.3 Å². The van der Waals surface area contributed by atoms with Gasteiger partial charge in [-0.2, -0.15) is 0 Å². The van der Waals surface area contributed by atoms with Crippen LogP contribution in [0.4, 0.5) is 5.69 Å². The number of rotatable bonds is 5. The SMILES string of the molecule is COc1cc(C(=O)ON2C(=O)CCC2=O)ccc1Cc1cn(C)c2ccc(N)cc12. The Balaban J connectivity index is 1.60. The lowest BCUT2D eigenvalue weighted by atomic mass is 10.0. The monoisotopic (exact) mass is 407 g/mol. The molecule has 8 nitrogen and oxygen atoms in total. The molecule has 154 valence electrons. The number of aryl methyl sites for hydroxylation is 1. The second-order valence-corrected chi connectivity index (χ2v) is 7.21. The van der Waals surface area contributed by atoms with Gasteiger partial charge in [0.15, 0.2) is 0 Å². The van der Waals surface area contributed by atoms with Crippen molar-refractivity contribution in [2.24, 2.45) is 7.05 Å². The summed E-state index contributed by atoms with van der Waals surface area (Å²) in [7, 11) is 3.49. The minimum Gasteiger partial charge on any atom is -0.496 e. The Kier molecular flexibility index (Phi) is 4.91. The Morgan fingerprint density at radius 3 is 2.50 bits per heavy atom. The molecule has 0 radical (unpaired) electrons. The van der Waals surface area contributed by atoms with Crippen LogP contribution in [0.3, 0.4) is 0 Å². The second-order valence-electron chi connectivity index (χ2n) is 7.21. The van der Waals surface area contributed by atoms with Crippen molar-refractivity contribution in [1.29, 1.82) is 0 Å². The molecule has 1 aromatic heterocycles. The van der Waals surface area contributed by atoms with Gasteiger partial charge in [0, 0.05) is 49.1 Å². The number of hydrogen-bond acceptors (Lipinski definition) is 6. The van der Waals surface area contributed by atoms with Crippen LogP contribution in [0.5, 0.6) is 5.75 Å². The van der Waals surface area contributed by atoms with Crippen LogP contribution in [0, 0.1) is 0 Å². The normalized spacial score (nSPS) is 13.9. The van der Waals surface area contributed by atoms with E-state index in [9.17, 15) is 14.4 Å². The van der Waals surface area contributed by atoms with Crippen LogP contribution < -0.4 is 10.5 Å². The molecule has 0 atom stereocenters. The first kappa shape index (κ1) is 19.5. The number of carbonyl (C=O) groups is 3. The number of ether oxygens (including phenoxy) is 1. The number of benzene rings is 2. The third kappa shape index (κ3) is 3.47. The molecule has 8 heteroatoms. The third-order valence-corrected chi connectivity index (χ3v) is 5.18. The highest BCUT2D eigenvalue weighted by atomic mass is 16.7. The van der Waals surface area contributed by atoms with Gasteiger partial charge in [-0.25, -0.2) is 4.79 Å². The number of fused-ring (bicyclic) bond motifs is 1. The predicted molar refractivity (Wildman–Crippen MR) is 110 cm³/mol. The summed E-state index contributed by atoms with van der Waals surface area (Å²) in [6.07, 6.45) is 2.70. The lowest BCUT2D eigenvalue weighted by Crippen LogP contribution is -2.32. The van der Waals surface area contributed by atoms with Gasteiger partial charge in [-0.3, -0.25) is 9.59 Å². The van der Waals surface area contributed by atoms with Gasteiger partial charge >= 0.3 is 5.97 Å². The summed E-state index contributed by atoms with van der Waals surface area (Å²) >= 11 is 0. The van der Waals surface area contributed by atoms with Crippen molar-refractivity contribution in [2.75, 3.05) is 12.8 Å². The van der Waals surface area contributed by atoms with E-state index in [4.69, 9.17) is 15.3 Å².